The van der Waals surface area contributed by atoms with Crippen molar-refractivity contribution in [2.75, 3.05) is 20.2 Å². The zero-order chi connectivity index (χ0) is 18.0. The van der Waals surface area contributed by atoms with Gasteiger partial charge in [-0.15, -0.1) is 24.8 Å². The fourth-order valence-electron chi connectivity index (χ4n) is 5.12. The molecule has 3 heterocycles. The van der Waals surface area contributed by atoms with Crippen LogP contribution in [0.5, 0.6) is 0 Å². The second kappa shape index (κ2) is 10.3. The van der Waals surface area contributed by atoms with Crippen LogP contribution in [0.1, 0.15) is 44.1 Å². The van der Waals surface area contributed by atoms with Crippen molar-refractivity contribution < 1.29 is 9.53 Å². The minimum Gasteiger partial charge on any atom is -0.368 e. The van der Waals surface area contributed by atoms with E-state index in [-0.39, 0.29) is 36.8 Å². The number of nitrogens with one attached hydrogen (secondary N) is 2. The monoisotopic (exact) mass is 429 g/mol. The first-order valence-electron chi connectivity index (χ1n) is 10.1. The van der Waals surface area contributed by atoms with Gasteiger partial charge >= 0.3 is 0 Å². The lowest BCUT2D eigenvalue weighted by atomic mass is 9.89. The van der Waals surface area contributed by atoms with Crippen molar-refractivity contribution in [1.82, 2.24) is 15.5 Å². The number of hydrogen-bond donors (Lipinski definition) is 2. The van der Waals surface area contributed by atoms with E-state index in [4.69, 9.17) is 4.74 Å². The van der Waals surface area contributed by atoms with Crippen LogP contribution in [0.25, 0.3) is 0 Å². The molecule has 1 aromatic rings. The molecule has 5 nitrogen and oxygen atoms in total. The normalized spacial score (nSPS) is 28.7. The Hall–Kier alpha value is -0.850. The summed E-state index contributed by atoms with van der Waals surface area (Å²) in [5.74, 6) is 0.0995. The van der Waals surface area contributed by atoms with Gasteiger partial charge in [-0.25, -0.2) is 0 Å². The standard InChI is InChI=1S/C21H31N3O2.2ClH/c1-26-21(9-11-22-12-10-21)20(25)23-17-13-18-7-8-19(14-17)24(18)15-16-5-3-2-4-6-16;;/h2-6,17-19,22H,7-15H2,1H3,(H,23,25);2*1H. The Balaban J connectivity index is 0.00000140. The molecular weight excluding hydrogens is 397 g/mol. The Bertz CT molecular complexity index is 611. The summed E-state index contributed by atoms with van der Waals surface area (Å²) in [5.41, 5.74) is 0.755. The number of rotatable bonds is 5. The van der Waals surface area contributed by atoms with Gasteiger partial charge < -0.3 is 15.4 Å². The Morgan fingerprint density at radius 3 is 2.32 bits per heavy atom. The molecule has 0 spiro atoms. The zero-order valence-corrected chi connectivity index (χ0v) is 18.2. The van der Waals surface area contributed by atoms with Crippen molar-refractivity contribution in [2.24, 2.45) is 0 Å². The molecule has 7 heteroatoms. The number of carbonyl (C=O) groups is 1. The number of ether oxygens (including phenoxy) is 1. The van der Waals surface area contributed by atoms with Gasteiger partial charge in [-0.05, 0) is 57.2 Å². The van der Waals surface area contributed by atoms with Crippen molar-refractivity contribution in [3.05, 3.63) is 35.9 Å². The summed E-state index contributed by atoms with van der Waals surface area (Å²) in [6.07, 6.45) is 6.15. The maximum atomic E-state index is 12.9. The highest BCUT2D eigenvalue weighted by Gasteiger charge is 2.44. The molecule has 0 aliphatic carbocycles. The molecule has 3 aliphatic rings. The molecular formula is C21H33Cl2N3O2. The summed E-state index contributed by atoms with van der Waals surface area (Å²) >= 11 is 0. The minimum absolute atomic E-state index is 0. The molecule has 1 aromatic carbocycles. The van der Waals surface area contributed by atoms with Crippen molar-refractivity contribution in [3.8, 4) is 0 Å². The number of carbonyl (C=O) groups excluding carboxylic acids is 1. The van der Waals surface area contributed by atoms with E-state index < -0.39 is 5.60 Å². The number of benzene rings is 1. The first kappa shape index (κ1) is 23.4. The Kier molecular flexibility index (Phi) is 8.59. The quantitative estimate of drug-likeness (QED) is 0.755. The Labute approximate surface area is 180 Å². The van der Waals surface area contributed by atoms with Crippen molar-refractivity contribution >= 4 is 30.7 Å². The SMILES string of the molecule is COC1(C(=O)NC2CC3CCC(C2)N3Cc2ccccc2)CCNCC1.Cl.Cl. The van der Waals surface area contributed by atoms with Crippen LogP contribution < -0.4 is 10.6 Å². The Morgan fingerprint density at radius 2 is 1.75 bits per heavy atom. The largest absolute Gasteiger partial charge is 0.368 e. The highest BCUT2D eigenvalue weighted by atomic mass is 35.5. The first-order chi connectivity index (χ1) is 12.7. The minimum atomic E-state index is -0.633. The van der Waals surface area contributed by atoms with Crippen LogP contribution in [0.2, 0.25) is 0 Å². The van der Waals surface area contributed by atoms with Crippen LogP contribution in [-0.4, -0.2) is 54.7 Å². The van der Waals surface area contributed by atoms with Gasteiger partial charge in [0, 0.05) is 31.8 Å². The number of piperidine rings is 2. The van der Waals surface area contributed by atoms with Crippen LogP contribution in [0.3, 0.4) is 0 Å². The molecule has 0 aromatic heterocycles. The van der Waals surface area contributed by atoms with Crippen molar-refractivity contribution in [3.63, 3.8) is 0 Å². The number of methoxy groups -OCH3 is 1. The van der Waals surface area contributed by atoms with E-state index in [1.807, 2.05) is 0 Å². The summed E-state index contributed by atoms with van der Waals surface area (Å²) in [4.78, 5) is 15.6. The van der Waals surface area contributed by atoms with Crippen molar-refractivity contribution in [2.45, 2.75) is 68.8 Å². The lowest BCUT2D eigenvalue weighted by Crippen LogP contribution is -2.58. The fourth-order valence-corrected chi connectivity index (χ4v) is 5.12. The van der Waals surface area contributed by atoms with E-state index in [1.54, 1.807) is 7.11 Å². The predicted octanol–water partition coefficient (Wildman–Crippen LogP) is 2.91. The third-order valence-corrected chi connectivity index (χ3v) is 6.64. The third-order valence-electron chi connectivity index (χ3n) is 6.64. The van der Waals surface area contributed by atoms with E-state index in [2.05, 4.69) is 45.9 Å². The van der Waals surface area contributed by atoms with Crippen LogP contribution in [0.4, 0.5) is 0 Å². The van der Waals surface area contributed by atoms with Gasteiger partial charge in [0.15, 0.2) is 0 Å². The molecule has 4 rings (SSSR count). The topological polar surface area (TPSA) is 53.6 Å². The van der Waals surface area contributed by atoms with E-state index in [1.165, 1.54) is 18.4 Å². The second-order valence-corrected chi connectivity index (χ2v) is 8.13. The smallest absolute Gasteiger partial charge is 0.252 e. The van der Waals surface area contributed by atoms with Crippen LogP contribution >= 0.6 is 24.8 Å². The molecule has 2 unspecified atom stereocenters. The number of hydrogen-bond acceptors (Lipinski definition) is 4. The highest BCUT2D eigenvalue weighted by molar-refractivity contribution is 5.86. The molecule has 0 radical (unpaired) electrons. The maximum absolute atomic E-state index is 12.9. The first-order valence-corrected chi connectivity index (χ1v) is 10.1. The number of fused-ring (bicyclic) bond motifs is 2. The lowest BCUT2D eigenvalue weighted by molar-refractivity contribution is -0.148. The van der Waals surface area contributed by atoms with Gasteiger partial charge in [-0.3, -0.25) is 9.69 Å². The Morgan fingerprint density at radius 1 is 1.14 bits per heavy atom. The van der Waals surface area contributed by atoms with E-state index in [0.717, 1.165) is 45.3 Å². The zero-order valence-electron chi connectivity index (χ0n) is 16.6. The third kappa shape index (κ3) is 4.82. The molecule has 3 fully saturated rings. The summed E-state index contributed by atoms with van der Waals surface area (Å²) in [6, 6.07) is 12.2. The molecule has 3 aliphatic heterocycles. The number of nitrogens with zero attached hydrogens (tertiary/aromatic N) is 1. The van der Waals surface area contributed by atoms with Crippen molar-refractivity contribution in [1.29, 1.82) is 0 Å². The van der Waals surface area contributed by atoms with E-state index >= 15 is 0 Å². The van der Waals surface area contributed by atoms with Gasteiger partial charge in [0.05, 0.1) is 0 Å². The highest BCUT2D eigenvalue weighted by Crippen LogP contribution is 2.37. The summed E-state index contributed by atoms with van der Waals surface area (Å²) in [5, 5.41) is 6.67. The van der Waals surface area contributed by atoms with Crippen LogP contribution in [0, 0.1) is 0 Å². The number of amides is 1. The summed E-state index contributed by atoms with van der Waals surface area (Å²) in [6.45, 7) is 2.73. The lowest BCUT2D eigenvalue weighted by Gasteiger charge is -2.41. The van der Waals surface area contributed by atoms with E-state index in [9.17, 15) is 4.79 Å². The number of halogens is 2. The summed E-state index contributed by atoms with van der Waals surface area (Å²) < 4.78 is 5.69. The molecule has 2 bridgehead atoms. The second-order valence-electron chi connectivity index (χ2n) is 8.13. The molecule has 28 heavy (non-hydrogen) atoms. The van der Waals surface area contributed by atoms with Gasteiger partial charge in [-0.1, -0.05) is 30.3 Å². The molecule has 2 atom stereocenters. The molecule has 3 saturated heterocycles. The van der Waals surface area contributed by atoms with Crippen LogP contribution in [0.15, 0.2) is 30.3 Å². The van der Waals surface area contributed by atoms with Gasteiger partial charge in [0.1, 0.15) is 5.60 Å². The van der Waals surface area contributed by atoms with Gasteiger partial charge in [-0.2, -0.15) is 0 Å². The molecule has 158 valence electrons. The molecule has 0 saturated carbocycles. The predicted molar refractivity (Wildman–Crippen MR) is 116 cm³/mol. The van der Waals surface area contributed by atoms with Gasteiger partial charge in [0.2, 0.25) is 0 Å². The van der Waals surface area contributed by atoms with Gasteiger partial charge in [0.25, 0.3) is 5.91 Å². The average molecular weight is 430 g/mol. The average Bonchev–Trinajstić information content (AvgIpc) is 2.91. The molecule has 2 N–H and O–H groups in total. The summed E-state index contributed by atoms with van der Waals surface area (Å²) in [7, 11) is 1.68. The maximum Gasteiger partial charge on any atom is 0.252 e. The molecule has 1 amide bonds. The van der Waals surface area contributed by atoms with Crippen LogP contribution in [-0.2, 0) is 16.1 Å². The van der Waals surface area contributed by atoms with E-state index in [0.29, 0.717) is 12.1 Å². The fraction of sp³-hybridized carbons (Fsp3) is 0.667.